The number of Topliss-reactive ketones (excluding diaryl/α,β-unsaturated/α-hetero) is 2. The summed E-state index contributed by atoms with van der Waals surface area (Å²) in [5.74, 6) is 0.475. The number of likely N-dealkylation sites (N-methyl/N-ethyl adjacent to an activating group) is 2. The summed E-state index contributed by atoms with van der Waals surface area (Å²) in [6, 6.07) is 16.4. The molecule has 3 aromatic carbocycles. The fourth-order valence-corrected chi connectivity index (χ4v) is 6.16. The van der Waals surface area contributed by atoms with Crippen LogP contribution in [0.2, 0.25) is 0 Å². The van der Waals surface area contributed by atoms with Gasteiger partial charge in [0.1, 0.15) is 13.1 Å². The Hall–Kier alpha value is -2.56. The summed E-state index contributed by atoms with van der Waals surface area (Å²) in [5.41, 5.74) is 1.61. The Morgan fingerprint density at radius 2 is 0.971 bits per heavy atom. The molecule has 5 rings (SSSR count). The molecule has 0 unspecified atom stereocenters. The SMILES string of the molecule is C[N+]1(CC(=O)c2ccc3c(ccc4cc(C(=O)C[N+]5(C)CCCCC5)ccc43)c2)CCCCC1. The number of fused-ring (bicyclic) bond motifs is 3. The second kappa shape index (κ2) is 9.24. The molecule has 0 aromatic heterocycles. The monoisotopic (exact) mass is 458 g/mol. The predicted molar refractivity (Wildman–Crippen MR) is 139 cm³/mol. The molecule has 0 saturated carbocycles. The smallest absolute Gasteiger partial charge is 0.216 e. The van der Waals surface area contributed by atoms with Crippen molar-refractivity contribution in [2.24, 2.45) is 0 Å². The molecule has 3 aromatic rings. The molecule has 2 heterocycles. The summed E-state index contributed by atoms with van der Waals surface area (Å²) in [7, 11) is 4.44. The molecular weight excluding hydrogens is 420 g/mol. The van der Waals surface area contributed by atoms with E-state index in [2.05, 4.69) is 38.4 Å². The molecule has 4 heteroatoms. The van der Waals surface area contributed by atoms with Crippen LogP contribution in [-0.2, 0) is 0 Å². The van der Waals surface area contributed by atoms with E-state index in [-0.39, 0.29) is 11.6 Å². The van der Waals surface area contributed by atoms with Gasteiger partial charge in [0.25, 0.3) is 0 Å². The Kier molecular flexibility index (Phi) is 6.30. The number of nitrogens with zero attached hydrogens (tertiary/aromatic N) is 2. The molecule has 0 bridgehead atoms. The first kappa shape index (κ1) is 23.2. The van der Waals surface area contributed by atoms with Gasteiger partial charge >= 0.3 is 0 Å². The van der Waals surface area contributed by atoms with E-state index in [9.17, 15) is 9.59 Å². The number of carbonyl (C=O) groups excluding carboxylic acids is 2. The van der Waals surface area contributed by atoms with Gasteiger partial charge in [0.05, 0.1) is 40.3 Å². The Morgan fingerprint density at radius 3 is 1.35 bits per heavy atom. The van der Waals surface area contributed by atoms with Gasteiger partial charge in [-0.1, -0.05) is 36.4 Å². The van der Waals surface area contributed by atoms with Crippen LogP contribution in [0.3, 0.4) is 0 Å². The minimum atomic E-state index is 0.238. The lowest BCUT2D eigenvalue weighted by atomic mass is 9.96. The highest BCUT2D eigenvalue weighted by Gasteiger charge is 2.29. The largest absolute Gasteiger partial charge is 0.320 e. The van der Waals surface area contributed by atoms with Crippen molar-refractivity contribution in [1.29, 1.82) is 0 Å². The van der Waals surface area contributed by atoms with E-state index in [1.165, 1.54) is 38.5 Å². The fraction of sp³-hybridized carbons (Fsp3) is 0.467. The van der Waals surface area contributed by atoms with Crippen LogP contribution in [0.1, 0.15) is 59.2 Å². The van der Waals surface area contributed by atoms with Crippen LogP contribution in [0.25, 0.3) is 21.5 Å². The summed E-state index contributed by atoms with van der Waals surface area (Å²) in [6.45, 7) is 5.57. The van der Waals surface area contributed by atoms with Crippen LogP contribution in [0, 0.1) is 0 Å². The summed E-state index contributed by atoms with van der Waals surface area (Å²) in [5, 5.41) is 4.46. The van der Waals surface area contributed by atoms with E-state index in [4.69, 9.17) is 0 Å². The van der Waals surface area contributed by atoms with E-state index in [1.807, 2.05) is 24.3 Å². The van der Waals surface area contributed by atoms with Gasteiger partial charge in [-0.3, -0.25) is 9.59 Å². The highest BCUT2D eigenvalue weighted by Crippen LogP contribution is 2.28. The van der Waals surface area contributed by atoms with E-state index in [0.717, 1.165) is 67.8 Å². The zero-order valence-corrected chi connectivity index (χ0v) is 20.8. The fourth-order valence-electron chi connectivity index (χ4n) is 6.16. The summed E-state index contributed by atoms with van der Waals surface area (Å²) in [4.78, 5) is 26.2. The third-order valence-electron chi connectivity index (χ3n) is 8.32. The second-order valence-electron chi connectivity index (χ2n) is 11.4. The topological polar surface area (TPSA) is 34.1 Å². The molecule has 0 spiro atoms. The number of ketones is 2. The lowest BCUT2D eigenvalue weighted by Crippen LogP contribution is -2.50. The number of benzene rings is 3. The molecule has 2 aliphatic rings. The van der Waals surface area contributed by atoms with Crippen LogP contribution in [-0.4, -0.2) is 73.9 Å². The van der Waals surface area contributed by atoms with Crippen molar-refractivity contribution in [3.63, 3.8) is 0 Å². The van der Waals surface area contributed by atoms with Crippen molar-refractivity contribution in [2.45, 2.75) is 38.5 Å². The van der Waals surface area contributed by atoms with Crippen molar-refractivity contribution in [2.75, 3.05) is 53.4 Å². The van der Waals surface area contributed by atoms with E-state index in [0.29, 0.717) is 13.1 Å². The molecule has 0 aliphatic carbocycles. The summed E-state index contributed by atoms with van der Waals surface area (Å²) in [6.07, 6.45) is 7.45. The first-order valence-electron chi connectivity index (χ1n) is 13.0. The molecule has 2 saturated heterocycles. The van der Waals surface area contributed by atoms with Gasteiger partial charge in [0.15, 0.2) is 0 Å². The minimum absolute atomic E-state index is 0.238. The lowest BCUT2D eigenvalue weighted by Gasteiger charge is -2.37. The molecular formula is C30H38N2O2+2. The molecule has 0 atom stereocenters. The average molecular weight is 459 g/mol. The number of hydrogen-bond acceptors (Lipinski definition) is 2. The number of quaternary nitrogens is 2. The molecule has 34 heavy (non-hydrogen) atoms. The molecule has 4 nitrogen and oxygen atoms in total. The van der Waals surface area contributed by atoms with Crippen molar-refractivity contribution in [3.05, 3.63) is 59.7 Å². The standard InChI is InChI=1S/C30H38N2O2/c1-31(15-5-3-6-16-31)21-29(33)25-11-13-27-23(19-25)9-10-24-20-26(12-14-28(24)27)30(34)22-32(2)17-7-4-8-18-32/h9-14,19-20H,3-8,15-18,21-22H2,1-2H3/q+2. The Bertz CT molecular complexity index is 1140. The molecule has 0 N–H and O–H groups in total. The number of hydrogen-bond donors (Lipinski definition) is 0. The lowest BCUT2D eigenvalue weighted by molar-refractivity contribution is -0.906. The molecule has 0 amide bonds. The van der Waals surface area contributed by atoms with Crippen LogP contribution in [0.4, 0.5) is 0 Å². The van der Waals surface area contributed by atoms with Gasteiger partial charge in [-0.15, -0.1) is 0 Å². The number of rotatable bonds is 6. The van der Waals surface area contributed by atoms with Gasteiger partial charge in [-0.05, 0) is 72.2 Å². The van der Waals surface area contributed by atoms with Crippen LogP contribution in [0.5, 0.6) is 0 Å². The van der Waals surface area contributed by atoms with Gasteiger partial charge in [-0.2, -0.15) is 0 Å². The Morgan fingerprint density at radius 1 is 0.588 bits per heavy atom. The van der Waals surface area contributed by atoms with Crippen molar-refractivity contribution < 1.29 is 18.6 Å². The van der Waals surface area contributed by atoms with Gasteiger partial charge in [0, 0.05) is 11.1 Å². The Labute approximate surface area is 203 Å². The zero-order chi connectivity index (χ0) is 23.8. The molecule has 0 radical (unpaired) electrons. The van der Waals surface area contributed by atoms with E-state index in [1.54, 1.807) is 0 Å². The average Bonchev–Trinajstić information content (AvgIpc) is 2.83. The third kappa shape index (κ3) is 4.80. The quantitative estimate of drug-likeness (QED) is 0.273. The zero-order valence-electron chi connectivity index (χ0n) is 20.8. The first-order valence-corrected chi connectivity index (χ1v) is 13.0. The highest BCUT2D eigenvalue weighted by molar-refractivity contribution is 6.11. The van der Waals surface area contributed by atoms with Gasteiger partial charge < -0.3 is 8.97 Å². The normalized spacial score (nSPS) is 19.8. The van der Waals surface area contributed by atoms with Crippen LogP contribution < -0.4 is 0 Å². The molecule has 178 valence electrons. The summed E-state index contributed by atoms with van der Waals surface area (Å²) < 4.78 is 1.73. The van der Waals surface area contributed by atoms with E-state index < -0.39 is 0 Å². The maximum atomic E-state index is 13.1. The van der Waals surface area contributed by atoms with Crippen molar-refractivity contribution in [3.8, 4) is 0 Å². The van der Waals surface area contributed by atoms with Crippen molar-refractivity contribution in [1.82, 2.24) is 0 Å². The highest BCUT2D eigenvalue weighted by atomic mass is 16.1. The van der Waals surface area contributed by atoms with E-state index >= 15 is 0 Å². The number of piperidine rings is 2. The second-order valence-corrected chi connectivity index (χ2v) is 11.4. The minimum Gasteiger partial charge on any atom is -0.320 e. The van der Waals surface area contributed by atoms with Crippen LogP contribution in [0.15, 0.2) is 48.5 Å². The predicted octanol–water partition coefficient (Wildman–Crippen LogP) is 5.62. The Balaban J connectivity index is 1.38. The maximum absolute atomic E-state index is 13.1. The molecule has 2 aliphatic heterocycles. The third-order valence-corrected chi connectivity index (χ3v) is 8.32. The number of carbonyl (C=O) groups is 2. The number of likely N-dealkylation sites (tertiary alicyclic amines) is 2. The van der Waals surface area contributed by atoms with Crippen molar-refractivity contribution >= 4 is 33.1 Å². The van der Waals surface area contributed by atoms with Gasteiger partial charge in [-0.25, -0.2) is 0 Å². The molecule has 2 fully saturated rings. The summed E-state index contributed by atoms with van der Waals surface area (Å²) >= 11 is 0. The maximum Gasteiger partial charge on any atom is 0.216 e. The first-order chi connectivity index (χ1) is 16.3. The van der Waals surface area contributed by atoms with Gasteiger partial charge in [0.2, 0.25) is 11.6 Å². The van der Waals surface area contributed by atoms with Crippen LogP contribution >= 0.6 is 0 Å².